The van der Waals surface area contributed by atoms with E-state index in [-0.39, 0.29) is 0 Å². The van der Waals surface area contributed by atoms with Crippen LogP contribution in [0.4, 0.5) is 0 Å². The first-order chi connectivity index (χ1) is 11.7. The van der Waals surface area contributed by atoms with E-state index in [2.05, 4.69) is 57.8 Å². The molecule has 0 aliphatic carbocycles. The predicted molar refractivity (Wildman–Crippen MR) is 97.4 cm³/mol. The van der Waals surface area contributed by atoms with Gasteiger partial charge >= 0.3 is 0 Å². The van der Waals surface area contributed by atoms with Crippen LogP contribution in [-0.4, -0.2) is 21.6 Å². The lowest BCUT2D eigenvalue weighted by molar-refractivity contribution is 0.201. The highest BCUT2D eigenvalue weighted by atomic mass is 32.1. The number of aromatic nitrogens is 2. The van der Waals surface area contributed by atoms with Crippen LogP contribution >= 0.6 is 22.7 Å². The summed E-state index contributed by atoms with van der Waals surface area (Å²) in [5.41, 5.74) is 1.44. The molecule has 0 fully saturated rings. The molecule has 0 saturated heterocycles. The summed E-state index contributed by atoms with van der Waals surface area (Å²) >= 11 is 3.70. The molecule has 6 heteroatoms. The van der Waals surface area contributed by atoms with Crippen molar-refractivity contribution in [2.24, 2.45) is 5.92 Å². The van der Waals surface area contributed by atoms with Gasteiger partial charge < -0.3 is 4.52 Å². The van der Waals surface area contributed by atoms with E-state index in [9.17, 15) is 0 Å². The molecule has 1 aliphatic heterocycles. The second-order valence-corrected chi connectivity index (χ2v) is 8.62. The van der Waals surface area contributed by atoms with Gasteiger partial charge in [-0.15, -0.1) is 22.7 Å². The Labute approximate surface area is 150 Å². The number of fused-ring (bicyclic) bond motifs is 1. The standard InChI is InChI=1S/C18H21N3OS2/c1-12(2)10-17-19-16(20-22-17)11-21-7-5-14-13(6-9-24-14)18(21)15-4-3-8-23-15/h3-4,6,8-9,12,18H,5,7,10-11H2,1-2H3. The minimum atomic E-state index is 0.312. The van der Waals surface area contributed by atoms with Crippen LogP contribution in [-0.2, 0) is 19.4 Å². The van der Waals surface area contributed by atoms with Crippen molar-refractivity contribution < 1.29 is 4.52 Å². The summed E-state index contributed by atoms with van der Waals surface area (Å²) in [4.78, 5) is 9.97. The Kier molecular flexibility index (Phi) is 4.52. The lowest BCUT2D eigenvalue weighted by Gasteiger charge is -2.34. The average Bonchev–Trinajstić information content (AvgIpc) is 3.27. The van der Waals surface area contributed by atoms with Crippen LogP contribution in [0.5, 0.6) is 0 Å². The van der Waals surface area contributed by atoms with Crippen LogP contribution in [0.1, 0.15) is 46.9 Å². The minimum Gasteiger partial charge on any atom is -0.339 e. The first-order valence-electron chi connectivity index (χ1n) is 8.36. The van der Waals surface area contributed by atoms with E-state index in [4.69, 9.17) is 4.52 Å². The maximum atomic E-state index is 5.41. The molecule has 1 atom stereocenters. The largest absolute Gasteiger partial charge is 0.339 e. The third kappa shape index (κ3) is 3.18. The number of hydrogen-bond acceptors (Lipinski definition) is 6. The maximum Gasteiger partial charge on any atom is 0.226 e. The summed E-state index contributed by atoms with van der Waals surface area (Å²) in [6, 6.07) is 6.95. The topological polar surface area (TPSA) is 42.2 Å². The average molecular weight is 360 g/mol. The highest BCUT2D eigenvalue weighted by Gasteiger charge is 2.31. The van der Waals surface area contributed by atoms with Crippen molar-refractivity contribution in [3.8, 4) is 0 Å². The molecule has 126 valence electrons. The highest BCUT2D eigenvalue weighted by molar-refractivity contribution is 7.10. The molecule has 4 heterocycles. The summed E-state index contributed by atoms with van der Waals surface area (Å²) in [7, 11) is 0. The Morgan fingerprint density at radius 3 is 3.00 bits per heavy atom. The first-order valence-corrected chi connectivity index (χ1v) is 10.1. The van der Waals surface area contributed by atoms with E-state index < -0.39 is 0 Å². The molecule has 24 heavy (non-hydrogen) atoms. The Morgan fingerprint density at radius 1 is 1.29 bits per heavy atom. The molecule has 0 N–H and O–H groups in total. The van der Waals surface area contributed by atoms with Gasteiger partial charge in [-0.2, -0.15) is 4.98 Å². The number of hydrogen-bond donors (Lipinski definition) is 0. The molecule has 3 aromatic heterocycles. The summed E-state index contributed by atoms with van der Waals surface area (Å²) in [5.74, 6) is 2.08. The number of rotatable bonds is 5. The molecule has 4 rings (SSSR count). The second kappa shape index (κ2) is 6.78. The molecule has 3 aromatic rings. The zero-order valence-electron chi connectivity index (χ0n) is 13.9. The SMILES string of the molecule is CC(C)Cc1nc(CN2CCc3sccc3C2c2cccs2)no1. The van der Waals surface area contributed by atoms with Crippen molar-refractivity contribution in [1.82, 2.24) is 15.0 Å². The van der Waals surface area contributed by atoms with Gasteiger partial charge in [-0.1, -0.05) is 25.1 Å². The van der Waals surface area contributed by atoms with E-state index in [0.717, 1.165) is 37.6 Å². The quantitative estimate of drug-likeness (QED) is 0.671. The van der Waals surface area contributed by atoms with Gasteiger partial charge in [0.2, 0.25) is 5.89 Å². The molecule has 0 aromatic carbocycles. The van der Waals surface area contributed by atoms with Crippen molar-refractivity contribution >= 4 is 22.7 Å². The van der Waals surface area contributed by atoms with Gasteiger partial charge in [0.1, 0.15) is 0 Å². The zero-order valence-corrected chi connectivity index (χ0v) is 15.6. The zero-order chi connectivity index (χ0) is 16.5. The lowest BCUT2D eigenvalue weighted by Crippen LogP contribution is -2.34. The fraction of sp³-hybridized carbons (Fsp3) is 0.444. The van der Waals surface area contributed by atoms with E-state index in [1.807, 2.05) is 22.7 Å². The van der Waals surface area contributed by atoms with E-state index in [1.165, 1.54) is 15.3 Å². The van der Waals surface area contributed by atoms with Gasteiger partial charge in [-0.25, -0.2) is 0 Å². The van der Waals surface area contributed by atoms with Gasteiger partial charge in [0, 0.05) is 22.7 Å². The fourth-order valence-electron chi connectivity index (χ4n) is 3.29. The smallest absolute Gasteiger partial charge is 0.226 e. The first kappa shape index (κ1) is 16.0. The summed E-state index contributed by atoms with van der Waals surface area (Å²) in [6.45, 7) is 6.10. The van der Waals surface area contributed by atoms with Crippen LogP contribution < -0.4 is 0 Å². The number of nitrogens with zero attached hydrogens (tertiary/aromatic N) is 3. The Balaban J connectivity index is 1.59. The highest BCUT2D eigenvalue weighted by Crippen LogP contribution is 2.39. The van der Waals surface area contributed by atoms with E-state index >= 15 is 0 Å². The Hall–Kier alpha value is -1.50. The minimum absolute atomic E-state index is 0.312. The normalized spacial score (nSPS) is 18.2. The van der Waals surface area contributed by atoms with Gasteiger partial charge in [0.25, 0.3) is 0 Å². The van der Waals surface area contributed by atoms with Gasteiger partial charge in [-0.05, 0) is 40.8 Å². The van der Waals surface area contributed by atoms with Crippen LogP contribution in [0.2, 0.25) is 0 Å². The van der Waals surface area contributed by atoms with Gasteiger partial charge in [-0.3, -0.25) is 4.90 Å². The summed E-state index contributed by atoms with van der Waals surface area (Å²) in [5, 5.41) is 8.57. The van der Waals surface area contributed by atoms with Crippen molar-refractivity contribution in [2.75, 3.05) is 6.54 Å². The molecule has 0 saturated carbocycles. The van der Waals surface area contributed by atoms with Gasteiger partial charge in [0.05, 0.1) is 12.6 Å². The van der Waals surface area contributed by atoms with Crippen LogP contribution in [0.25, 0.3) is 0 Å². The van der Waals surface area contributed by atoms with Crippen LogP contribution in [0.3, 0.4) is 0 Å². The second-order valence-electron chi connectivity index (χ2n) is 6.64. The molecule has 0 bridgehead atoms. The van der Waals surface area contributed by atoms with Crippen LogP contribution in [0.15, 0.2) is 33.5 Å². The molecule has 0 radical (unpaired) electrons. The molecular formula is C18H21N3OS2. The third-order valence-electron chi connectivity index (χ3n) is 4.32. The van der Waals surface area contributed by atoms with Crippen molar-refractivity contribution in [3.05, 3.63) is 56.0 Å². The van der Waals surface area contributed by atoms with Crippen molar-refractivity contribution in [2.45, 2.75) is 39.3 Å². The molecular weight excluding hydrogens is 338 g/mol. The van der Waals surface area contributed by atoms with Crippen molar-refractivity contribution in [3.63, 3.8) is 0 Å². The van der Waals surface area contributed by atoms with Crippen LogP contribution in [0, 0.1) is 5.92 Å². The monoisotopic (exact) mass is 359 g/mol. The Bertz CT molecular complexity index is 791. The molecule has 1 unspecified atom stereocenters. The van der Waals surface area contributed by atoms with E-state index in [0.29, 0.717) is 12.0 Å². The van der Waals surface area contributed by atoms with E-state index in [1.54, 1.807) is 0 Å². The summed E-state index contributed by atoms with van der Waals surface area (Å²) in [6.07, 6.45) is 1.95. The lowest BCUT2D eigenvalue weighted by atomic mass is 9.98. The molecule has 0 amide bonds. The molecule has 0 spiro atoms. The maximum absolute atomic E-state index is 5.41. The van der Waals surface area contributed by atoms with Crippen molar-refractivity contribution in [1.29, 1.82) is 0 Å². The summed E-state index contributed by atoms with van der Waals surface area (Å²) < 4.78 is 5.41. The molecule has 4 nitrogen and oxygen atoms in total. The van der Waals surface area contributed by atoms with Gasteiger partial charge in [0.15, 0.2) is 5.82 Å². The molecule has 1 aliphatic rings. The Morgan fingerprint density at radius 2 is 2.21 bits per heavy atom. The number of thiophene rings is 2. The predicted octanol–water partition coefficient (Wildman–Crippen LogP) is 4.54. The third-order valence-corrected chi connectivity index (χ3v) is 6.24. The fourth-order valence-corrected chi connectivity index (χ4v) is 5.07.